The first-order chi connectivity index (χ1) is 12.5. The third-order valence-electron chi connectivity index (χ3n) is 3.48. The van der Waals surface area contributed by atoms with Gasteiger partial charge in [-0.3, -0.25) is 10.1 Å². The number of nitrogens with two attached hydrogens (primary N) is 1. The van der Waals surface area contributed by atoms with Gasteiger partial charge in [0, 0.05) is 28.7 Å². The number of rotatable bonds is 5. The number of carbonyl (C=O) groups excluding carboxylic acids is 2. The van der Waals surface area contributed by atoms with Gasteiger partial charge in [0.25, 0.3) is 5.91 Å². The molecule has 0 saturated carbocycles. The molecule has 0 atom stereocenters. The van der Waals surface area contributed by atoms with Gasteiger partial charge in [0.05, 0.1) is 0 Å². The molecule has 132 valence electrons. The summed E-state index contributed by atoms with van der Waals surface area (Å²) in [5, 5.41) is 5.63. The molecule has 4 N–H and O–H groups in total. The Morgan fingerprint density at radius 1 is 1.04 bits per heavy atom. The average Bonchev–Trinajstić information content (AvgIpc) is 3.04. The fourth-order valence-electron chi connectivity index (χ4n) is 2.27. The number of primary amides is 1. The van der Waals surface area contributed by atoms with Gasteiger partial charge in [-0.15, -0.1) is 11.3 Å². The molecule has 0 saturated heterocycles. The van der Waals surface area contributed by atoms with Crippen LogP contribution >= 0.6 is 11.3 Å². The van der Waals surface area contributed by atoms with E-state index in [2.05, 4.69) is 15.6 Å². The minimum Gasteiger partial charge on any atom is -0.351 e. The normalized spacial score (nSPS) is 10.3. The molecule has 0 fully saturated rings. The lowest BCUT2D eigenvalue weighted by molar-refractivity contribution is 0.102. The van der Waals surface area contributed by atoms with Gasteiger partial charge in [-0.1, -0.05) is 12.1 Å². The van der Waals surface area contributed by atoms with Crippen LogP contribution in [-0.2, 0) is 6.42 Å². The number of halogens is 1. The topological polar surface area (TPSA) is 97.1 Å². The molecule has 0 spiro atoms. The Labute approximate surface area is 152 Å². The Morgan fingerprint density at radius 2 is 1.73 bits per heavy atom. The van der Waals surface area contributed by atoms with Gasteiger partial charge in [0.1, 0.15) is 5.82 Å². The Hall–Kier alpha value is -3.26. The van der Waals surface area contributed by atoms with Gasteiger partial charge >= 0.3 is 6.03 Å². The summed E-state index contributed by atoms with van der Waals surface area (Å²) in [7, 11) is 0. The Morgan fingerprint density at radius 3 is 2.38 bits per heavy atom. The monoisotopic (exact) mass is 370 g/mol. The first-order valence-electron chi connectivity index (χ1n) is 7.66. The number of nitrogens with one attached hydrogen (secondary N) is 2. The molecule has 3 rings (SSSR count). The zero-order chi connectivity index (χ0) is 18.5. The number of aromatic nitrogens is 1. The van der Waals surface area contributed by atoms with E-state index in [9.17, 15) is 14.0 Å². The zero-order valence-corrected chi connectivity index (χ0v) is 14.3. The second-order valence-electron chi connectivity index (χ2n) is 5.46. The highest BCUT2D eigenvalue weighted by Crippen LogP contribution is 2.22. The van der Waals surface area contributed by atoms with Gasteiger partial charge in [0.2, 0.25) is 0 Å². The standard InChI is InChI=1S/C18H15FN4O2S/c19-13-5-1-11(2-6-13)9-15-10-21-18(26-15)23-16(24)12-3-7-14(8-4-12)22-17(20)25/h1-8,10H,9H2,(H3,20,22,25)(H,21,23,24). The van der Waals surface area contributed by atoms with E-state index in [1.165, 1.54) is 23.5 Å². The number of hydrogen-bond donors (Lipinski definition) is 3. The van der Waals surface area contributed by atoms with Crippen molar-refractivity contribution < 1.29 is 14.0 Å². The lowest BCUT2D eigenvalue weighted by atomic mass is 10.1. The molecule has 26 heavy (non-hydrogen) atoms. The van der Waals surface area contributed by atoms with Crippen LogP contribution in [0.25, 0.3) is 0 Å². The number of benzene rings is 2. The van der Waals surface area contributed by atoms with Crippen molar-refractivity contribution >= 4 is 34.1 Å². The molecule has 2 aromatic carbocycles. The fraction of sp³-hybridized carbons (Fsp3) is 0.0556. The average molecular weight is 370 g/mol. The molecule has 0 aliphatic carbocycles. The number of urea groups is 1. The van der Waals surface area contributed by atoms with Crippen LogP contribution in [0.2, 0.25) is 0 Å². The second-order valence-corrected chi connectivity index (χ2v) is 6.57. The van der Waals surface area contributed by atoms with Crippen molar-refractivity contribution in [3.05, 3.63) is 76.5 Å². The fourth-order valence-corrected chi connectivity index (χ4v) is 3.11. The third kappa shape index (κ3) is 4.64. The largest absolute Gasteiger partial charge is 0.351 e. The molecule has 3 aromatic rings. The molecule has 3 amide bonds. The van der Waals surface area contributed by atoms with Crippen molar-refractivity contribution in [3.8, 4) is 0 Å². The molecule has 1 aromatic heterocycles. The van der Waals surface area contributed by atoms with E-state index in [-0.39, 0.29) is 11.7 Å². The van der Waals surface area contributed by atoms with Crippen molar-refractivity contribution in [2.75, 3.05) is 10.6 Å². The number of nitrogens with zero attached hydrogens (tertiary/aromatic N) is 1. The van der Waals surface area contributed by atoms with Crippen LogP contribution in [0.4, 0.5) is 20.0 Å². The molecular formula is C18H15FN4O2S. The van der Waals surface area contributed by atoms with E-state index in [1.54, 1.807) is 42.6 Å². The van der Waals surface area contributed by atoms with Crippen LogP contribution in [0.15, 0.2) is 54.7 Å². The summed E-state index contributed by atoms with van der Waals surface area (Å²) in [4.78, 5) is 28.2. The number of anilines is 2. The van der Waals surface area contributed by atoms with E-state index < -0.39 is 6.03 Å². The van der Waals surface area contributed by atoms with Crippen LogP contribution in [0.3, 0.4) is 0 Å². The van der Waals surface area contributed by atoms with Crippen molar-refractivity contribution in [1.82, 2.24) is 4.98 Å². The Balaban J connectivity index is 1.62. The maximum atomic E-state index is 12.9. The third-order valence-corrected chi connectivity index (χ3v) is 4.39. The van der Waals surface area contributed by atoms with Gasteiger partial charge in [-0.25, -0.2) is 14.2 Å². The summed E-state index contributed by atoms with van der Waals surface area (Å²) in [5.74, 6) is -0.582. The maximum Gasteiger partial charge on any atom is 0.316 e. The lowest BCUT2D eigenvalue weighted by Gasteiger charge is -2.04. The van der Waals surface area contributed by atoms with E-state index in [0.29, 0.717) is 22.8 Å². The van der Waals surface area contributed by atoms with E-state index in [1.807, 2.05) is 0 Å². The SMILES string of the molecule is NC(=O)Nc1ccc(C(=O)Nc2ncc(Cc3ccc(F)cc3)s2)cc1. The summed E-state index contributed by atoms with van der Waals surface area (Å²) in [6.45, 7) is 0. The predicted octanol–water partition coefficient (Wildman–Crippen LogP) is 3.62. The quantitative estimate of drug-likeness (QED) is 0.640. The van der Waals surface area contributed by atoms with Crippen LogP contribution in [0.1, 0.15) is 20.8 Å². The highest BCUT2D eigenvalue weighted by atomic mass is 32.1. The van der Waals surface area contributed by atoms with Gasteiger partial charge < -0.3 is 11.1 Å². The van der Waals surface area contributed by atoms with Crippen LogP contribution in [0, 0.1) is 5.82 Å². The first-order valence-corrected chi connectivity index (χ1v) is 8.48. The van der Waals surface area contributed by atoms with Crippen LogP contribution < -0.4 is 16.4 Å². The smallest absolute Gasteiger partial charge is 0.316 e. The van der Waals surface area contributed by atoms with E-state index >= 15 is 0 Å². The van der Waals surface area contributed by atoms with Crippen molar-refractivity contribution in [2.45, 2.75) is 6.42 Å². The zero-order valence-electron chi connectivity index (χ0n) is 13.5. The highest BCUT2D eigenvalue weighted by Gasteiger charge is 2.10. The van der Waals surface area contributed by atoms with Crippen LogP contribution in [0.5, 0.6) is 0 Å². The molecule has 8 heteroatoms. The summed E-state index contributed by atoms with van der Waals surface area (Å²) in [6.07, 6.45) is 2.30. The minimum atomic E-state index is -0.668. The van der Waals surface area contributed by atoms with Crippen molar-refractivity contribution in [2.24, 2.45) is 5.73 Å². The molecule has 0 unspecified atom stereocenters. The van der Waals surface area contributed by atoms with E-state index in [4.69, 9.17) is 5.73 Å². The van der Waals surface area contributed by atoms with Gasteiger partial charge in [-0.05, 0) is 42.0 Å². The number of carbonyl (C=O) groups is 2. The molecule has 0 aliphatic rings. The summed E-state index contributed by atoms with van der Waals surface area (Å²) < 4.78 is 12.9. The summed E-state index contributed by atoms with van der Waals surface area (Å²) in [6, 6.07) is 11.9. The molecular weight excluding hydrogens is 355 g/mol. The molecule has 1 heterocycles. The number of thiazole rings is 1. The van der Waals surface area contributed by atoms with Gasteiger partial charge in [-0.2, -0.15) is 0 Å². The van der Waals surface area contributed by atoms with Crippen molar-refractivity contribution in [1.29, 1.82) is 0 Å². The molecule has 6 nitrogen and oxygen atoms in total. The molecule has 0 aliphatic heterocycles. The molecule has 0 bridgehead atoms. The second kappa shape index (κ2) is 7.75. The van der Waals surface area contributed by atoms with Crippen LogP contribution in [-0.4, -0.2) is 16.9 Å². The predicted molar refractivity (Wildman–Crippen MR) is 98.9 cm³/mol. The Kier molecular flexibility index (Phi) is 5.23. The lowest BCUT2D eigenvalue weighted by Crippen LogP contribution is -2.19. The van der Waals surface area contributed by atoms with E-state index in [0.717, 1.165) is 10.4 Å². The number of amides is 3. The summed E-state index contributed by atoms with van der Waals surface area (Å²) >= 11 is 1.36. The molecule has 0 radical (unpaired) electrons. The highest BCUT2D eigenvalue weighted by molar-refractivity contribution is 7.15. The van der Waals surface area contributed by atoms with Gasteiger partial charge in [0.15, 0.2) is 5.13 Å². The Bertz CT molecular complexity index is 923. The first kappa shape index (κ1) is 17.6. The minimum absolute atomic E-state index is 0.275. The number of hydrogen-bond acceptors (Lipinski definition) is 4. The summed E-state index contributed by atoms with van der Waals surface area (Å²) in [5.41, 5.74) is 6.93. The van der Waals surface area contributed by atoms with Crippen molar-refractivity contribution in [3.63, 3.8) is 0 Å². The maximum absolute atomic E-state index is 12.9.